The second-order valence-electron chi connectivity index (χ2n) is 8.60. The second kappa shape index (κ2) is 14.7. The van der Waals surface area contributed by atoms with Crippen molar-refractivity contribution in [2.24, 2.45) is 0 Å². The van der Waals surface area contributed by atoms with Crippen LogP contribution in [0.4, 0.5) is 0 Å². The molecule has 1 unspecified atom stereocenters. The Morgan fingerprint density at radius 1 is 1.15 bits per heavy atom. The molecule has 0 saturated carbocycles. The van der Waals surface area contributed by atoms with E-state index in [0.29, 0.717) is 13.0 Å². The minimum Gasteiger partial charge on any atom is -0.508 e. The van der Waals surface area contributed by atoms with E-state index >= 15 is 0 Å². The van der Waals surface area contributed by atoms with E-state index in [1.165, 1.54) is 5.57 Å². The van der Waals surface area contributed by atoms with Crippen LogP contribution in [-0.4, -0.2) is 42.1 Å². The summed E-state index contributed by atoms with van der Waals surface area (Å²) in [7, 11) is 0. The van der Waals surface area contributed by atoms with Crippen molar-refractivity contribution in [2.75, 3.05) is 26.2 Å². The van der Waals surface area contributed by atoms with Crippen LogP contribution in [0, 0.1) is 11.3 Å². The maximum atomic E-state index is 12.5. The first-order chi connectivity index (χ1) is 16.4. The van der Waals surface area contributed by atoms with Crippen LogP contribution in [-0.2, 0) is 11.2 Å². The van der Waals surface area contributed by atoms with Crippen molar-refractivity contribution in [3.8, 4) is 11.8 Å². The molecule has 5 nitrogen and oxygen atoms in total. The molecule has 0 spiro atoms. The molecular weight excluding hydrogens is 422 g/mol. The van der Waals surface area contributed by atoms with Gasteiger partial charge in [-0.05, 0) is 88.4 Å². The van der Waals surface area contributed by atoms with Crippen molar-refractivity contribution < 1.29 is 9.90 Å². The third-order valence-electron chi connectivity index (χ3n) is 5.76. The van der Waals surface area contributed by atoms with Gasteiger partial charge in [0.2, 0.25) is 0 Å². The standard InChI is InChI=1S/C25H29N3O2.C4H8/c1-19-4-2-12-28-13-3-5-21(18-28)15-22(14-19)16-23(17-26)25(30)27-11-10-20-6-8-24(29)9-7-20;1-3-4-2/h6-9,14-16,29H,1-5,10-13,18H2,(H,27,30);3-4H,1-2H3/b21-15-,22-14+,23-16+;4-3-. The molecule has 0 radical (unpaired) electrons. The Kier molecular flexibility index (Phi) is 11.6. The van der Waals surface area contributed by atoms with Crippen molar-refractivity contribution in [1.82, 2.24) is 10.2 Å². The zero-order valence-electron chi connectivity index (χ0n) is 20.5. The maximum Gasteiger partial charge on any atom is 0.261 e. The summed E-state index contributed by atoms with van der Waals surface area (Å²) < 4.78 is 0. The summed E-state index contributed by atoms with van der Waals surface area (Å²) in [6, 6.07) is 8.92. The number of aromatic hydroxyl groups is 1. The highest BCUT2D eigenvalue weighted by molar-refractivity contribution is 5.97. The van der Waals surface area contributed by atoms with Gasteiger partial charge in [0.25, 0.3) is 5.91 Å². The smallest absolute Gasteiger partial charge is 0.261 e. The fraction of sp³-hybridized carbons (Fsp3) is 0.379. The molecule has 1 aromatic rings. The molecule has 1 fully saturated rings. The van der Waals surface area contributed by atoms with E-state index in [9.17, 15) is 15.2 Å². The summed E-state index contributed by atoms with van der Waals surface area (Å²) in [5.74, 6) is -0.156. The Balaban J connectivity index is 0.000000945. The molecule has 2 aliphatic rings. The highest BCUT2D eigenvalue weighted by Gasteiger charge is 2.16. The first-order valence-electron chi connectivity index (χ1n) is 12.0. The number of fused-ring (bicyclic) bond motifs is 2. The average Bonchev–Trinajstić information content (AvgIpc) is 2.83. The maximum absolute atomic E-state index is 12.5. The largest absolute Gasteiger partial charge is 0.508 e. The predicted octanol–water partition coefficient (Wildman–Crippen LogP) is 5.38. The van der Waals surface area contributed by atoms with E-state index in [-0.39, 0.29) is 17.2 Å². The summed E-state index contributed by atoms with van der Waals surface area (Å²) in [5.41, 5.74) is 4.33. The van der Waals surface area contributed by atoms with Crippen LogP contribution in [0.15, 0.2) is 83.5 Å². The van der Waals surface area contributed by atoms with Gasteiger partial charge in [-0.15, -0.1) is 0 Å². The molecule has 34 heavy (non-hydrogen) atoms. The average molecular weight is 460 g/mol. The zero-order valence-corrected chi connectivity index (χ0v) is 20.5. The molecule has 2 aliphatic heterocycles. The number of carbonyl (C=O) groups excluding carboxylic acids is 1. The van der Waals surface area contributed by atoms with Gasteiger partial charge in [0.15, 0.2) is 0 Å². The number of piperidine rings is 1. The Morgan fingerprint density at radius 2 is 1.82 bits per heavy atom. The summed E-state index contributed by atoms with van der Waals surface area (Å²) in [5, 5.41) is 21.7. The number of nitriles is 1. The molecule has 3 rings (SSSR count). The highest BCUT2D eigenvalue weighted by atomic mass is 16.3. The Morgan fingerprint density at radius 3 is 2.47 bits per heavy atom. The van der Waals surface area contributed by atoms with Crippen LogP contribution in [0.5, 0.6) is 5.75 Å². The number of allylic oxidation sites excluding steroid dienone is 7. The molecule has 2 heterocycles. The van der Waals surface area contributed by atoms with E-state index in [4.69, 9.17) is 0 Å². The number of nitrogens with one attached hydrogen (secondary N) is 1. The second-order valence-corrected chi connectivity index (χ2v) is 8.60. The zero-order chi connectivity index (χ0) is 24.8. The van der Waals surface area contributed by atoms with Crippen LogP contribution >= 0.6 is 0 Å². The molecule has 1 amide bonds. The number of rotatable bonds is 5. The Bertz CT molecular complexity index is 987. The van der Waals surface area contributed by atoms with E-state index in [1.807, 2.05) is 50.3 Å². The third-order valence-corrected chi connectivity index (χ3v) is 5.76. The molecule has 180 valence electrons. The van der Waals surface area contributed by atoms with Gasteiger partial charge >= 0.3 is 0 Å². The number of phenols is 1. The monoisotopic (exact) mass is 459 g/mol. The van der Waals surface area contributed by atoms with Gasteiger partial charge in [-0.25, -0.2) is 0 Å². The molecule has 1 atom stereocenters. The van der Waals surface area contributed by atoms with Crippen molar-refractivity contribution in [1.29, 1.82) is 5.26 Å². The molecule has 0 aliphatic carbocycles. The molecule has 1 saturated heterocycles. The van der Waals surface area contributed by atoms with Crippen LogP contribution in [0.2, 0.25) is 0 Å². The number of phenolic OH excluding ortho intramolecular Hbond substituents is 1. The third kappa shape index (κ3) is 9.64. The number of hydrogen-bond donors (Lipinski definition) is 2. The lowest BCUT2D eigenvalue weighted by atomic mass is 9.97. The topological polar surface area (TPSA) is 76.4 Å². The van der Waals surface area contributed by atoms with E-state index in [1.54, 1.807) is 18.2 Å². The number of benzene rings is 1. The first kappa shape index (κ1) is 26.9. The van der Waals surface area contributed by atoms with Gasteiger partial charge in [0.1, 0.15) is 17.4 Å². The van der Waals surface area contributed by atoms with Crippen molar-refractivity contribution in [2.45, 2.75) is 46.0 Å². The molecule has 2 N–H and O–H groups in total. The number of hydrogen-bond acceptors (Lipinski definition) is 4. The Labute approximate surface area is 204 Å². The summed E-state index contributed by atoms with van der Waals surface area (Å²) in [4.78, 5) is 15.0. The van der Waals surface area contributed by atoms with E-state index in [2.05, 4.69) is 22.9 Å². The minimum absolute atomic E-state index is 0.0985. The number of amides is 1. The van der Waals surface area contributed by atoms with E-state index in [0.717, 1.165) is 62.0 Å². The van der Waals surface area contributed by atoms with Crippen molar-refractivity contribution in [3.05, 3.63) is 89.1 Å². The SMILES string of the molecule is C/C=C\C.C=C1/C=C(/C=C(\C#N)C(=O)NCCc2ccc(O)cc2)\C=C2\CCCN(CCC1)C2. The number of carbonyl (C=O) groups is 1. The quantitative estimate of drug-likeness (QED) is 0.352. The lowest BCUT2D eigenvalue weighted by Gasteiger charge is -2.29. The highest BCUT2D eigenvalue weighted by Crippen LogP contribution is 2.22. The van der Waals surface area contributed by atoms with Crippen LogP contribution in [0.1, 0.15) is 45.1 Å². The molecule has 2 bridgehead atoms. The minimum atomic E-state index is -0.372. The van der Waals surface area contributed by atoms with Gasteiger partial charge in [0, 0.05) is 13.1 Å². The van der Waals surface area contributed by atoms with Gasteiger partial charge in [-0.3, -0.25) is 9.69 Å². The fourth-order valence-corrected chi connectivity index (χ4v) is 3.88. The van der Waals surface area contributed by atoms with Gasteiger partial charge in [0.05, 0.1) is 0 Å². The normalized spacial score (nSPS) is 21.7. The first-order valence-corrected chi connectivity index (χ1v) is 12.0. The van der Waals surface area contributed by atoms with E-state index < -0.39 is 0 Å². The van der Waals surface area contributed by atoms with Gasteiger partial charge in [-0.2, -0.15) is 5.26 Å². The molecular formula is C29H37N3O2. The lowest BCUT2D eigenvalue weighted by molar-refractivity contribution is -0.117. The van der Waals surface area contributed by atoms with Crippen LogP contribution < -0.4 is 5.32 Å². The summed E-state index contributed by atoms with van der Waals surface area (Å²) >= 11 is 0. The summed E-state index contributed by atoms with van der Waals surface area (Å²) in [6.07, 6.45) is 14.6. The van der Waals surface area contributed by atoms with Gasteiger partial charge in [-0.1, -0.05) is 54.2 Å². The van der Waals surface area contributed by atoms with Crippen molar-refractivity contribution >= 4 is 5.91 Å². The van der Waals surface area contributed by atoms with Crippen LogP contribution in [0.3, 0.4) is 0 Å². The van der Waals surface area contributed by atoms with Gasteiger partial charge < -0.3 is 10.4 Å². The molecule has 0 aromatic heterocycles. The molecule has 5 heteroatoms. The summed E-state index contributed by atoms with van der Waals surface area (Å²) in [6.45, 7) is 11.7. The lowest BCUT2D eigenvalue weighted by Crippen LogP contribution is -2.32. The van der Waals surface area contributed by atoms with Crippen LogP contribution in [0.25, 0.3) is 0 Å². The Hall–Kier alpha value is -3.36. The fourth-order valence-electron chi connectivity index (χ4n) is 3.88. The predicted molar refractivity (Wildman–Crippen MR) is 139 cm³/mol. The molecule has 1 aromatic carbocycles. The van der Waals surface area contributed by atoms with Crippen molar-refractivity contribution in [3.63, 3.8) is 0 Å². The number of nitrogens with zero attached hydrogens (tertiary/aromatic N) is 2.